The van der Waals surface area contributed by atoms with E-state index in [-0.39, 0.29) is 43.9 Å². The number of fused-ring (bicyclic) bond motifs is 1. The van der Waals surface area contributed by atoms with E-state index in [2.05, 4.69) is 11.4 Å². The summed E-state index contributed by atoms with van der Waals surface area (Å²) in [5.74, 6) is 1.46. The van der Waals surface area contributed by atoms with E-state index in [0.717, 1.165) is 43.5 Å². The summed E-state index contributed by atoms with van der Waals surface area (Å²) in [5.41, 5.74) is 9.40. The third-order valence-electron chi connectivity index (χ3n) is 6.00. The van der Waals surface area contributed by atoms with Crippen molar-refractivity contribution in [3.63, 3.8) is 0 Å². The normalized spacial score (nSPS) is 15.6. The number of carbonyl (C=O) groups excluding carboxylic acids is 1. The summed E-state index contributed by atoms with van der Waals surface area (Å²) in [6.07, 6.45) is 3.95. The van der Waals surface area contributed by atoms with Gasteiger partial charge in [-0.15, -0.1) is 24.8 Å². The molecule has 0 bridgehead atoms. The topological polar surface area (TPSA) is 97.1 Å². The van der Waals surface area contributed by atoms with E-state index in [1.807, 2.05) is 55.4 Å². The van der Waals surface area contributed by atoms with Crippen LogP contribution in [-0.4, -0.2) is 62.4 Å². The lowest BCUT2D eigenvalue weighted by Gasteiger charge is -2.21. The number of rotatable bonds is 11. The first-order valence-corrected chi connectivity index (χ1v) is 11.7. The molecule has 1 amide bonds. The van der Waals surface area contributed by atoms with Gasteiger partial charge in [0, 0.05) is 13.1 Å². The van der Waals surface area contributed by atoms with Gasteiger partial charge in [-0.1, -0.05) is 24.3 Å². The molecule has 9 heteroatoms. The predicted octanol–water partition coefficient (Wildman–Crippen LogP) is 3.49. The maximum Gasteiger partial charge on any atom is 0.257 e. The summed E-state index contributed by atoms with van der Waals surface area (Å²) in [6, 6.07) is 13.5. The molecule has 2 aromatic carbocycles. The van der Waals surface area contributed by atoms with E-state index in [1.54, 1.807) is 0 Å². The number of aliphatic hydroxyl groups is 1. The summed E-state index contributed by atoms with van der Waals surface area (Å²) in [5, 5.41) is 13.4. The summed E-state index contributed by atoms with van der Waals surface area (Å²) < 4.78 is 11.5. The van der Waals surface area contributed by atoms with Crippen LogP contribution < -0.4 is 20.5 Å². The molecule has 7 nitrogen and oxygen atoms in total. The lowest BCUT2D eigenvalue weighted by atomic mass is 9.91. The number of nitrogens with two attached hydrogens (primary N) is 1. The maximum absolute atomic E-state index is 12.1. The third-order valence-corrected chi connectivity index (χ3v) is 6.00. The van der Waals surface area contributed by atoms with E-state index < -0.39 is 6.10 Å². The van der Waals surface area contributed by atoms with Crippen molar-refractivity contribution in [3.05, 3.63) is 53.6 Å². The number of nitrogen functional groups attached to an aromatic ring is 1. The molecular formula is C26H39Cl2N3O4. The van der Waals surface area contributed by atoms with E-state index in [0.29, 0.717) is 30.3 Å². The molecule has 0 aliphatic heterocycles. The molecule has 0 aromatic heterocycles. The van der Waals surface area contributed by atoms with E-state index in [9.17, 15) is 9.90 Å². The number of nitrogens with zero attached hydrogens (tertiary/aromatic N) is 1. The molecule has 2 aromatic rings. The number of hydrogen-bond acceptors (Lipinski definition) is 6. The number of aryl methyl sites for hydroxylation is 1. The van der Waals surface area contributed by atoms with Gasteiger partial charge in [-0.25, -0.2) is 0 Å². The van der Waals surface area contributed by atoms with Gasteiger partial charge >= 0.3 is 0 Å². The summed E-state index contributed by atoms with van der Waals surface area (Å²) in [6.45, 7) is 1.56. The minimum atomic E-state index is -0.539. The van der Waals surface area contributed by atoms with Gasteiger partial charge in [0.1, 0.15) is 18.1 Å². The predicted molar refractivity (Wildman–Crippen MR) is 145 cm³/mol. The number of benzene rings is 2. The highest BCUT2D eigenvalue weighted by Crippen LogP contribution is 2.35. The van der Waals surface area contributed by atoms with Gasteiger partial charge in [-0.2, -0.15) is 0 Å². The van der Waals surface area contributed by atoms with Gasteiger partial charge in [-0.3, -0.25) is 4.79 Å². The molecule has 196 valence electrons. The monoisotopic (exact) mass is 527 g/mol. The first-order valence-electron chi connectivity index (χ1n) is 11.7. The molecule has 0 spiro atoms. The van der Waals surface area contributed by atoms with E-state index >= 15 is 0 Å². The van der Waals surface area contributed by atoms with Crippen LogP contribution in [0.25, 0.3) is 0 Å². The molecule has 0 radical (unpaired) electrons. The maximum atomic E-state index is 12.1. The van der Waals surface area contributed by atoms with Crippen molar-refractivity contribution < 1.29 is 19.4 Å². The first-order chi connectivity index (χ1) is 15.9. The molecule has 1 aliphatic rings. The number of carbonyl (C=O) groups is 1. The summed E-state index contributed by atoms with van der Waals surface area (Å²) in [4.78, 5) is 14.1. The Labute approximate surface area is 221 Å². The van der Waals surface area contributed by atoms with E-state index in [1.165, 1.54) is 5.56 Å². The minimum absolute atomic E-state index is 0. The number of aliphatic hydroxyl groups excluding tert-OH is 1. The first kappa shape index (κ1) is 30.8. The molecule has 1 unspecified atom stereocenters. The highest BCUT2D eigenvalue weighted by molar-refractivity contribution is 5.85. The zero-order valence-electron chi connectivity index (χ0n) is 20.6. The van der Waals surface area contributed by atoms with Crippen LogP contribution in [-0.2, 0) is 17.6 Å². The van der Waals surface area contributed by atoms with Crippen molar-refractivity contribution in [2.75, 3.05) is 46.1 Å². The van der Waals surface area contributed by atoms with Crippen LogP contribution in [0.15, 0.2) is 42.5 Å². The second-order valence-corrected chi connectivity index (χ2v) is 9.03. The molecule has 3 rings (SSSR count). The standard InChI is InChI=1S/C26H37N3O4.2ClH/c1-29(2)14-13-28-25(31)18-33-24-12-11-20-8-6-7-19(16-23(20)26(24)27)15-21(30)17-32-22-9-4-3-5-10-22;;/h3-5,9-12,19,21,30H,6-8,13-18,27H2,1-2H3,(H,28,31);2*1H/t19?,21-;;/m0../s1. The largest absolute Gasteiger partial charge is 0.491 e. The van der Waals surface area contributed by atoms with Crippen molar-refractivity contribution in [1.29, 1.82) is 0 Å². The van der Waals surface area contributed by atoms with Crippen LogP contribution in [0.3, 0.4) is 0 Å². The fourth-order valence-electron chi connectivity index (χ4n) is 4.24. The van der Waals surface area contributed by atoms with Crippen LogP contribution >= 0.6 is 24.8 Å². The Kier molecular flexibility index (Phi) is 13.9. The average molecular weight is 529 g/mol. The quantitative estimate of drug-likeness (QED) is 0.305. The Hall–Kier alpha value is -2.19. The van der Waals surface area contributed by atoms with Crippen molar-refractivity contribution in [2.45, 2.75) is 38.2 Å². The highest BCUT2D eigenvalue weighted by Gasteiger charge is 2.23. The molecule has 0 heterocycles. The van der Waals surface area contributed by atoms with Gasteiger partial charge in [0.25, 0.3) is 5.91 Å². The zero-order chi connectivity index (χ0) is 23.6. The Bertz CT molecular complexity index is 900. The number of amides is 1. The fourth-order valence-corrected chi connectivity index (χ4v) is 4.24. The Morgan fingerprint density at radius 2 is 1.91 bits per heavy atom. The zero-order valence-corrected chi connectivity index (χ0v) is 22.2. The number of nitrogens with one attached hydrogen (secondary N) is 1. The van der Waals surface area contributed by atoms with Crippen molar-refractivity contribution >= 4 is 36.4 Å². The third kappa shape index (κ3) is 10.1. The van der Waals surface area contributed by atoms with Gasteiger partial charge in [-0.05, 0) is 81.4 Å². The molecule has 0 fully saturated rings. The van der Waals surface area contributed by atoms with Gasteiger partial charge in [0.15, 0.2) is 6.61 Å². The smallest absolute Gasteiger partial charge is 0.257 e. The van der Waals surface area contributed by atoms with Crippen molar-refractivity contribution in [1.82, 2.24) is 10.2 Å². The Morgan fingerprint density at radius 3 is 2.63 bits per heavy atom. The van der Waals surface area contributed by atoms with Crippen LogP contribution in [0.4, 0.5) is 5.69 Å². The summed E-state index contributed by atoms with van der Waals surface area (Å²) in [7, 11) is 3.92. The second-order valence-electron chi connectivity index (χ2n) is 9.03. The molecule has 0 saturated carbocycles. The Morgan fingerprint density at radius 1 is 1.17 bits per heavy atom. The SMILES string of the molecule is CN(C)CCNC(=O)COc1ccc2c(c1N)CC(C[C@H](O)COc1ccccc1)CCC2.Cl.Cl. The molecule has 0 saturated heterocycles. The van der Waals surface area contributed by atoms with Crippen LogP contribution in [0, 0.1) is 5.92 Å². The average Bonchev–Trinajstić information content (AvgIpc) is 3.00. The lowest BCUT2D eigenvalue weighted by molar-refractivity contribution is -0.123. The van der Waals surface area contributed by atoms with Gasteiger partial charge in [0.05, 0.1) is 11.8 Å². The number of halogens is 2. The fraction of sp³-hybridized carbons (Fsp3) is 0.500. The minimum Gasteiger partial charge on any atom is -0.491 e. The van der Waals surface area contributed by atoms with Crippen molar-refractivity contribution in [2.24, 2.45) is 5.92 Å². The van der Waals surface area contributed by atoms with Gasteiger partial charge < -0.3 is 30.5 Å². The number of anilines is 1. The van der Waals surface area contributed by atoms with Crippen molar-refractivity contribution in [3.8, 4) is 11.5 Å². The van der Waals surface area contributed by atoms with Crippen LogP contribution in [0.1, 0.15) is 30.4 Å². The molecule has 1 aliphatic carbocycles. The van der Waals surface area contributed by atoms with E-state index in [4.69, 9.17) is 15.2 Å². The van der Waals surface area contributed by atoms with Crippen LogP contribution in [0.2, 0.25) is 0 Å². The lowest BCUT2D eigenvalue weighted by Crippen LogP contribution is -2.34. The molecule has 4 N–H and O–H groups in total. The summed E-state index contributed by atoms with van der Waals surface area (Å²) >= 11 is 0. The number of para-hydroxylation sites is 1. The molecular weight excluding hydrogens is 489 g/mol. The van der Waals surface area contributed by atoms with Gasteiger partial charge in [0.2, 0.25) is 0 Å². The highest BCUT2D eigenvalue weighted by atomic mass is 35.5. The number of ether oxygens (including phenoxy) is 2. The van der Waals surface area contributed by atoms with Crippen LogP contribution in [0.5, 0.6) is 11.5 Å². The Balaban J connectivity index is 0.00000306. The number of hydrogen-bond donors (Lipinski definition) is 3. The molecule has 2 atom stereocenters. The second kappa shape index (κ2) is 15.7. The molecule has 35 heavy (non-hydrogen) atoms. The number of likely N-dealkylation sites (N-methyl/N-ethyl adjacent to an activating group) is 1.